The standard InChI is InChI=1S/C21H24N2O2/c1-25-13-15-9-10-16-19(11-15)23(12-14-5-2-3-6-14)18-8-4-7-17(20(16)18)21(22)24/h4,7-11,14H,2-3,5-6,12-13H2,1H3,(H2,22,24). The van der Waals surface area contributed by atoms with Crippen molar-refractivity contribution in [1.29, 1.82) is 0 Å². The number of ether oxygens (including phenoxy) is 1. The molecule has 0 unspecified atom stereocenters. The summed E-state index contributed by atoms with van der Waals surface area (Å²) in [6.45, 7) is 1.59. The van der Waals surface area contributed by atoms with Crippen molar-refractivity contribution in [3.8, 4) is 0 Å². The van der Waals surface area contributed by atoms with Crippen molar-refractivity contribution in [3.05, 3.63) is 47.5 Å². The lowest BCUT2D eigenvalue weighted by atomic mass is 10.0. The molecule has 4 nitrogen and oxygen atoms in total. The minimum Gasteiger partial charge on any atom is -0.380 e. The van der Waals surface area contributed by atoms with Gasteiger partial charge in [0, 0.05) is 41.0 Å². The fourth-order valence-corrected chi connectivity index (χ4v) is 4.30. The average Bonchev–Trinajstić information content (AvgIpc) is 3.22. The number of amides is 1. The number of benzene rings is 2. The van der Waals surface area contributed by atoms with Crippen LogP contribution in [0.2, 0.25) is 0 Å². The summed E-state index contributed by atoms with van der Waals surface area (Å²) >= 11 is 0. The first-order chi connectivity index (χ1) is 12.2. The van der Waals surface area contributed by atoms with Crippen LogP contribution < -0.4 is 5.73 Å². The third-order valence-electron chi connectivity index (χ3n) is 5.45. The first-order valence-electron chi connectivity index (χ1n) is 9.01. The van der Waals surface area contributed by atoms with Crippen LogP contribution in [-0.4, -0.2) is 17.6 Å². The molecule has 0 saturated heterocycles. The summed E-state index contributed by atoms with van der Waals surface area (Å²) in [5.41, 5.74) is 9.68. The summed E-state index contributed by atoms with van der Waals surface area (Å²) in [4.78, 5) is 12.0. The lowest BCUT2D eigenvalue weighted by molar-refractivity contribution is 0.100. The molecule has 0 bridgehead atoms. The van der Waals surface area contributed by atoms with Crippen LogP contribution in [0.25, 0.3) is 21.8 Å². The Morgan fingerprint density at radius 3 is 2.72 bits per heavy atom. The minimum atomic E-state index is -0.369. The van der Waals surface area contributed by atoms with Crippen molar-refractivity contribution < 1.29 is 9.53 Å². The molecule has 1 saturated carbocycles. The first-order valence-corrected chi connectivity index (χ1v) is 9.01. The van der Waals surface area contributed by atoms with Crippen LogP contribution in [0.15, 0.2) is 36.4 Å². The molecule has 25 heavy (non-hydrogen) atoms. The quantitative estimate of drug-likeness (QED) is 0.758. The highest BCUT2D eigenvalue weighted by Crippen LogP contribution is 2.35. The predicted molar refractivity (Wildman–Crippen MR) is 101 cm³/mol. The number of primary amides is 1. The highest BCUT2D eigenvalue weighted by Gasteiger charge is 2.21. The van der Waals surface area contributed by atoms with Gasteiger partial charge in [0.1, 0.15) is 0 Å². The smallest absolute Gasteiger partial charge is 0.249 e. The summed E-state index contributed by atoms with van der Waals surface area (Å²) in [6.07, 6.45) is 5.22. The fraction of sp³-hybridized carbons (Fsp3) is 0.381. The third kappa shape index (κ3) is 2.81. The van der Waals surface area contributed by atoms with Crippen LogP contribution in [0.1, 0.15) is 41.6 Å². The van der Waals surface area contributed by atoms with Gasteiger partial charge >= 0.3 is 0 Å². The van der Waals surface area contributed by atoms with Gasteiger partial charge in [-0.15, -0.1) is 0 Å². The molecule has 3 aromatic rings. The maximum Gasteiger partial charge on any atom is 0.249 e. The first kappa shape index (κ1) is 16.2. The van der Waals surface area contributed by atoms with E-state index in [1.54, 1.807) is 7.11 Å². The lowest BCUT2D eigenvalue weighted by Gasteiger charge is -2.13. The van der Waals surface area contributed by atoms with E-state index in [9.17, 15) is 4.79 Å². The fourth-order valence-electron chi connectivity index (χ4n) is 4.30. The van der Waals surface area contributed by atoms with E-state index in [0.29, 0.717) is 18.1 Å². The summed E-state index contributed by atoms with van der Waals surface area (Å²) < 4.78 is 7.68. The Morgan fingerprint density at radius 1 is 1.20 bits per heavy atom. The molecule has 1 fully saturated rings. The van der Waals surface area contributed by atoms with E-state index in [1.807, 2.05) is 12.1 Å². The number of methoxy groups -OCH3 is 1. The van der Waals surface area contributed by atoms with E-state index in [2.05, 4.69) is 28.8 Å². The van der Waals surface area contributed by atoms with E-state index in [4.69, 9.17) is 10.5 Å². The summed E-state index contributed by atoms with van der Waals surface area (Å²) in [5.74, 6) is 0.341. The Labute approximate surface area is 147 Å². The van der Waals surface area contributed by atoms with Crippen LogP contribution in [0.3, 0.4) is 0 Å². The zero-order valence-corrected chi connectivity index (χ0v) is 14.6. The van der Waals surface area contributed by atoms with Gasteiger partial charge < -0.3 is 15.0 Å². The van der Waals surface area contributed by atoms with E-state index in [0.717, 1.165) is 28.4 Å². The van der Waals surface area contributed by atoms with Crippen LogP contribution in [-0.2, 0) is 17.9 Å². The topological polar surface area (TPSA) is 57.2 Å². The van der Waals surface area contributed by atoms with Crippen LogP contribution in [0.5, 0.6) is 0 Å². The van der Waals surface area contributed by atoms with Gasteiger partial charge in [0.15, 0.2) is 0 Å². The van der Waals surface area contributed by atoms with Gasteiger partial charge in [0.2, 0.25) is 5.91 Å². The maximum atomic E-state index is 12.0. The number of carbonyl (C=O) groups excluding carboxylic acids is 1. The number of aromatic nitrogens is 1. The van der Waals surface area contributed by atoms with E-state index >= 15 is 0 Å². The normalized spacial score (nSPS) is 15.4. The monoisotopic (exact) mass is 336 g/mol. The van der Waals surface area contributed by atoms with Gasteiger partial charge in [-0.3, -0.25) is 4.79 Å². The van der Waals surface area contributed by atoms with Gasteiger partial charge in [-0.05, 0) is 42.5 Å². The van der Waals surface area contributed by atoms with Crippen molar-refractivity contribution in [2.75, 3.05) is 7.11 Å². The molecule has 1 aliphatic carbocycles. The van der Waals surface area contributed by atoms with Crippen molar-refractivity contribution in [2.45, 2.75) is 38.8 Å². The minimum absolute atomic E-state index is 0.369. The van der Waals surface area contributed by atoms with E-state index < -0.39 is 0 Å². The highest BCUT2D eigenvalue weighted by molar-refractivity contribution is 6.17. The summed E-state index contributed by atoms with van der Waals surface area (Å²) in [6, 6.07) is 12.2. The molecule has 0 aliphatic heterocycles. The predicted octanol–water partition coefficient (Wildman–Crippen LogP) is 4.23. The summed E-state index contributed by atoms with van der Waals surface area (Å²) in [7, 11) is 1.71. The number of nitrogens with zero attached hydrogens (tertiary/aromatic N) is 1. The van der Waals surface area contributed by atoms with Gasteiger partial charge in [0.25, 0.3) is 0 Å². The molecule has 1 aromatic heterocycles. The molecule has 0 spiro atoms. The molecule has 0 atom stereocenters. The number of carbonyl (C=O) groups is 1. The molecule has 1 heterocycles. The molecule has 0 radical (unpaired) electrons. The van der Waals surface area contributed by atoms with Crippen molar-refractivity contribution >= 4 is 27.7 Å². The Kier molecular flexibility index (Phi) is 4.22. The Hall–Kier alpha value is -2.33. The molecular formula is C21H24N2O2. The number of hydrogen-bond acceptors (Lipinski definition) is 2. The maximum absolute atomic E-state index is 12.0. The zero-order valence-electron chi connectivity index (χ0n) is 14.6. The molecule has 2 N–H and O–H groups in total. The van der Waals surface area contributed by atoms with Crippen molar-refractivity contribution in [3.63, 3.8) is 0 Å². The van der Waals surface area contributed by atoms with Crippen molar-refractivity contribution in [2.24, 2.45) is 11.7 Å². The largest absolute Gasteiger partial charge is 0.380 e. The van der Waals surface area contributed by atoms with E-state index in [1.165, 1.54) is 31.2 Å². The van der Waals surface area contributed by atoms with Crippen LogP contribution in [0, 0.1) is 5.92 Å². The molecule has 2 aromatic carbocycles. The van der Waals surface area contributed by atoms with E-state index in [-0.39, 0.29) is 5.91 Å². The zero-order chi connectivity index (χ0) is 17.4. The van der Waals surface area contributed by atoms with Crippen molar-refractivity contribution in [1.82, 2.24) is 4.57 Å². The second-order valence-corrected chi connectivity index (χ2v) is 7.11. The molecule has 130 valence electrons. The molecule has 1 amide bonds. The number of nitrogens with two attached hydrogens (primary N) is 1. The number of hydrogen-bond donors (Lipinski definition) is 1. The molecule has 1 aliphatic rings. The number of fused-ring (bicyclic) bond motifs is 3. The average molecular weight is 336 g/mol. The molecular weight excluding hydrogens is 312 g/mol. The molecule has 4 rings (SSSR count). The van der Waals surface area contributed by atoms with Crippen LogP contribution in [0.4, 0.5) is 0 Å². The Balaban J connectivity index is 1.98. The summed E-state index contributed by atoms with van der Waals surface area (Å²) in [5, 5.41) is 2.08. The highest BCUT2D eigenvalue weighted by atomic mass is 16.5. The molecule has 4 heteroatoms. The van der Waals surface area contributed by atoms with Crippen LogP contribution >= 0.6 is 0 Å². The third-order valence-corrected chi connectivity index (χ3v) is 5.45. The SMILES string of the molecule is COCc1ccc2c3c(C(N)=O)cccc3n(CC3CCCC3)c2c1. The van der Waals surface area contributed by atoms with Gasteiger partial charge in [0.05, 0.1) is 6.61 Å². The lowest BCUT2D eigenvalue weighted by Crippen LogP contribution is -2.11. The van der Waals surface area contributed by atoms with Gasteiger partial charge in [-0.1, -0.05) is 31.0 Å². The van der Waals surface area contributed by atoms with Gasteiger partial charge in [-0.2, -0.15) is 0 Å². The van der Waals surface area contributed by atoms with Gasteiger partial charge in [-0.25, -0.2) is 0 Å². The Morgan fingerprint density at radius 2 is 2.00 bits per heavy atom. The second kappa shape index (κ2) is 6.52. The number of rotatable bonds is 5. The second-order valence-electron chi connectivity index (χ2n) is 7.11. The Bertz CT molecular complexity index is 936.